The Bertz CT molecular complexity index is 295. The Labute approximate surface area is 77.7 Å². The maximum absolute atomic E-state index is 7.07. The Morgan fingerprint density at radius 3 is 2.38 bits per heavy atom. The molecule has 0 aromatic carbocycles. The van der Waals surface area contributed by atoms with Crippen molar-refractivity contribution in [3.05, 3.63) is 17.6 Å². The van der Waals surface area contributed by atoms with Gasteiger partial charge in [0.05, 0.1) is 11.9 Å². The van der Waals surface area contributed by atoms with Crippen LogP contribution in [0.1, 0.15) is 25.2 Å². The van der Waals surface area contributed by atoms with Gasteiger partial charge in [0.1, 0.15) is 11.5 Å². The van der Waals surface area contributed by atoms with E-state index < -0.39 is 0 Å². The van der Waals surface area contributed by atoms with E-state index in [4.69, 9.17) is 16.9 Å². The van der Waals surface area contributed by atoms with Gasteiger partial charge in [-0.3, -0.25) is 5.41 Å². The highest BCUT2D eigenvalue weighted by Gasteiger charge is 2.04. The SMILES string of the molecule is CC.Cc1cnc(N)c(C(=N)N)n1. The lowest BCUT2D eigenvalue weighted by Gasteiger charge is -2.00. The first-order valence-electron chi connectivity index (χ1n) is 4.05. The Morgan fingerprint density at radius 2 is 2.00 bits per heavy atom. The largest absolute Gasteiger partial charge is 0.382 e. The minimum atomic E-state index is -0.154. The zero-order valence-electron chi connectivity index (χ0n) is 8.13. The lowest BCUT2D eigenvalue weighted by Crippen LogP contribution is -2.17. The maximum atomic E-state index is 7.07. The van der Waals surface area contributed by atoms with Crippen LogP contribution in [0.5, 0.6) is 0 Å². The second-order valence-electron chi connectivity index (χ2n) is 2.16. The molecule has 0 aliphatic rings. The quantitative estimate of drug-likeness (QED) is 0.438. The predicted octanol–water partition coefficient (Wildman–Crippen LogP) is 0.677. The number of aryl methyl sites for hydroxylation is 1. The fourth-order valence-electron chi connectivity index (χ4n) is 0.685. The molecule has 0 unspecified atom stereocenters. The van der Waals surface area contributed by atoms with Crippen molar-refractivity contribution >= 4 is 11.7 Å². The van der Waals surface area contributed by atoms with Gasteiger partial charge in [-0.15, -0.1) is 0 Å². The van der Waals surface area contributed by atoms with Crippen LogP contribution in [-0.2, 0) is 0 Å². The van der Waals surface area contributed by atoms with E-state index >= 15 is 0 Å². The number of nitrogens with one attached hydrogen (secondary N) is 1. The molecule has 0 amide bonds. The molecule has 0 aliphatic carbocycles. The minimum absolute atomic E-state index is 0.154. The van der Waals surface area contributed by atoms with Crippen molar-refractivity contribution in [3.63, 3.8) is 0 Å². The zero-order chi connectivity index (χ0) is 10.4. The molecule has 0 saturated carbocycles. The first kappa shape index (κ1) is 11.4. The lowest BCUT2D eigenvalue weighted by atomic mass is 10.3. The van der Waals surface area contributed by atoms with E-state index in [0.29, 0.717) is 5.69 Å². The summed E-state index contributed by atoms with van der Waals surface area (Å²) in [5.41, 5.74) is 11.5. The van der Waals surface area contributed by atoms with Gasteiger partial charge < -0.3 is 11.5 Å². The fourth-order valence-corrected chi connectivity index (χ4v) is 0.685. The van der Waals surface area contributed by atoms with Crippen molar-refractivity contribution in [2.24, 2.45) is 5.73 Å². The van der Waals surface area contributed by atoms with Gasteiger partial charge >= 0.3 is 0 Å². The number of nitrogens with two attached hydrogens (primary N) is 2. The summed E-state index contributed by atoms with van der Waals surface area (Å²) in [6.07, 6.45) is 1.53. The molecule has 0 saturated heterocycles. The first-order chi connectivity index (χ1) is 6.11. The third-order valence-corrected chi connectivity index (χ3v) is 1.18. The summed E-state index contributed by atoms with van der Waals surface area (Å²) < 4.78 is 0. The van der Waals surface area contributed by atoms with Gasteiger partial charge in [-0.05, 0) is 6.92 Å². The van der Waals surface area contributed by atoms with E-state index in [0.717, 1.165) is 0 Å². The van der Waals surface area contributed by atoms with Crippen molar-refractivity contribution in [2.45, 2.75) is 20.8 Å². The van der Waals surface area contributed by atoms with Crippen molar-refractivity contribution in [2.75, 3.05) is 5.73 Å². The zero-order valence-corrected chi connectivity index (χ0v) is 8.13. The highest BCUT2D eigenvalue weighted by Crippen LogP contribution is 2.03. The Hall–Kier alpha value is -1.65. The van der Waals surface area contributed by atoms with Crippen molar-refractivity contribution in [1.29, 1.82) is 5.41 Å². The van der Waals surface area contributed by atoms with Gasteiger partial charge in [0.15, 0.2) is 5.82 Å². The Kier molecular flexibility index (Phi) is 4.43. The van der Waals surface area contributed by atoms with E-state index in [1.165, 1.54) is 6.20 Å². The summed E-state index contributed by atoms with van der Waals surface area (Å²) in [4.78, 5) is 7.73. The number of aromatic nitrogens is 2. The molecule has 1 aromatic rings. The maximum Gasteiger partial charge on any atom is 0.153 e. The average molecular weight is 181 g/mol. The molecule has 0 bridgehead atoms. The van der Waals surface area contributed by atoms with Crippen LogP contribution >= 0.6 is 0 Å². The fraction of sp³-hybridized carbons (Fsp3) is 0.375. The van der Waals surface area contributed by atoms with Crippen LogP contribution in [0.2, 0.25) is 0 Å². The van der Waals surface area contributed by atoms with Crippen LogP contribution in [0, 0.1) is 12.3 Å². The number of amidine groups is 1. The molecule has 0 spiro atoms. The number of rotatable bonds is 1. The summed E-state index contributed by atoms with van der Waals surface area (Å²) in [5, 5.41) is 7.07. The Balaban J connectivity index is 0.000000671. The molecule has 0 aliphatic heterocycles. The molecule has 0 fully saturated rings. The van der Waals surface area contributed by atoms with E-state index in [1.54, 1.807) is 6.92 Å². The third kappa shape index (κ3) is 3.06. The van der Waals surface area contributed by atoms with Gasteiger partial charge in [-0.25, -0.2) is 9.97 Å². The van der Waals surface area contributed by atoms with Crippen LogP contribution in [0.3, 0.4) is 0 Å². The number of anilines is 1. The molecule has 5 N–H and O–H groups in total. The van der Waals surface area contributed by atoms with E-state index in [2.05, 4.69) is 9.97 Å². The monoisotopic (exact) mass is 181 g/mol. The highest BCUT2D eigenvalue weighted by atomic mass is 14.9. The second kappa shape index (κ2) is 5.08. The number of hydrogen-bond acceptors (Lipinski definition) is 4. The smallest absolute Gasteiger partial charge is 0.153 e. The lowest BCUT2D eigenvalue weighted by molar-refractivity contribution is 1.10. The molecular weight excluding hydrogens is 166 g/mol. The van der Waals surface area contributed by atoms with E-state index in [1.807, 2.05) is 13.8 Å². The summed E-state index contributed by atoms with van der Waals surface area (Å²) in [5.74, 6) is 0.0433. The number of nitrogens with zero attached hydrogens (tertiary/aromatic N) is 2. The van der Waals surface area contributed by atoms with Gasteiger partial charge in [0, 0.05) is 0 Å². The molecule has 0 atom stereocenters. The van der Waals surface area contributed by atoms with E-state index in [9.17, 15) is 0 Å². The summed E-state index contributed by atoms with van der Waals surface area (Å²) in [7, 11) is 0. The van der Waals surface area contributed by atoms with Crippen LogP contribution < -0.4 is 11.5 Å². The van der Waals surface area contributed by atoms with Crippen LogP contribution in [0.4, 0.5) is 5.82 Å². The van der Waals surface area contributed by atoms with Crippen LogP contribution in [0.15, 0.2) is 6.20 Å². The van der Waals surface area contributed by atoms with Crippen molar-refractivity contribution < 1.29 is 0 Å². The molecule has 0 radical (unpaired) electrons. The second-order valence-corrected chi connectivity index (χ2v) is 2.16. The van der Waals surface area contributed by atoms with Crippen molar-refractivity contribution in [1.82, 2.24) is 9.97 Å². The number of hydrogen-bond donors (Lipinski definition) is 3. The summed E-state index contributed by atoms with van der Waals surface area (Å²) in [6, 6.07) is 0. The Morgan fingerprint density at radius 1 is 1.46 bits per heavy atom. The predicted molar refractivity (Wildman–Crippen MR) is 53.5 cm³/mol. The standard InChI is InChI=1S/C6H9N5.C2H6/c1-3-2-10-6(9)4(11-3)5(7)8;1-2/h2H,1H3,(H3,7,8)(H2,9,10);1-2H3. The molecule has 1 aromatic heterocycles. The van der Waals surface area contributed by atoms with E-state index in [-0.39, 0.29) is 17.3 Å². The van der Waals surface area contributed by atoms with Crippen molar-refractivity contribution in [3.8, 4) is 0 Å². The van der Waals surface area contributed by atoms with Crippen LogP contribution in [0.25, 0.3) is 0 Å². The third-order valence-electron chi connectivity index (χ3n) is 1.18. The highest BCUT2D eigenvalue weighted by molar-refractivity contribution is 5.96. The molecule has 5 heteroatoms. The van der Waals surface area contributed by atoms with Gasteiger partial charge in [-0.1, -0.05) is 13.8 Å². The molecule has 1 heterocycles. The summed E-state index contributed by atoms with van der Waals surface area (Å²) >= 11 is 0. The molecular formula is C8H15N5. The van der Waals surface area contributed by atoms with Crippen LogP contribution in [-0.4, -0.2) is 15.8 Å². The van der Waals surface area contributed by atoms with Gasteiger partial charge in [-0.2, -0.15) is 0 Å². The molecule has 13 heavy (non-hydrogen) atoms. The first-order valence-corrected chi connectivity index (χ1v) is 4.05. The molecule has 5 nitrogen and oxygen atoms in total. The molecule has 72 valence electrons. The minimum Gasteiger partial charge on any atom is -0.382 e. The number of nitrogen functional groups attached to an aromatic ring is 2. The normalized spacial score (nSPS) is 8.54. The topological polar surface area (TPSA) is 102 Å². The van der Waals surface area contributed by atoms with Gasteiger partial charge in [0.25, 0.3) is 0 Å². The van der Waals surface area contributed by atoms with Gasteiger partial charge in [0.2, 0.25) is 0 Å². The summed E-state index contributed by atoms with van der Waals surface area (Å²) in [6.45, 7) is 5.76. The molecule has 1 rings (SSSR count). The average Bonchev–Trinajstić information content (AvgIpc) is 2.12.